The molecule has 1 N–H and O–H groups in total. The van der Waals surface area contributed by atoms with Crippen molar-refractivity contribution in [1.29, 1.82) is 0 Å². The molecule has 2 heteroatoms. The first-order valence-electron chi connectivity index (χ1n) is 9.48. The van der Waals surface area contributed by atoms with E-state index in [1.165, 1.54) is 16.7 Å². The van der Waals surface area contributed by atoms with Gasteiger partial charge in [-0.05, 0) is 38.1 Å². The second kappa shape index (κ2) is 29.1. The maximum absolute atomic E-state index is 3.12. The molecule has 0 aromatic heterocycles. The van der Waals surface area contributed by atoms with Gasteiger partial charge in [-0.2, -0.15) is 6.08 Å². The van der Waals surface area contributed by atoms with Gasteiger partial charge in [0.05, 0.1) is 0 Å². The predicted octanol–water partition coefficient (Wildman–Crippen LogP) is 7.91. The first-order valence-corrected chi connectivity index (χ1v) is 9.48. The summed E-state index contributed by atoms with van der Waals surface area (Å²) in [6, 6.07) is 21.0. The van der Waals surface area contributed by atoms with Crippen LogP contribution < -0.4 is 5.32 Å². The van der Waals surface area contributed by atoms with Gasteiger partial charge in [-0.1, -0.05) is 91.9 Å². The minimum absolute atomic E-state index is 0. The van der Waals surface area contributed by atoms with Crippen molar-refractivity contribution in [3.05, 3.63) is 150 Å². The van der Waals surface area contributed by atoms with Crippen LogP contribution in [0.4, 0.5) is 0 Å². The molecular formula is C30H44NTi-5. The molecule has 3 rings (SSSR count). The monoisotopic (exact) mass is 466 g/mol. The molecule has 0 fully saturated rings. The molecule has 1 aliphatic rings. The number of nitrogens with one attached hydrogen (secondary N) is 1. The third-order valence-corrected chi connectivity index (χ3v) is 3.64. The molecule has 0 aliphatic heterocycles. The Labute approximate surface area is 216 Å². The van der Waals surface area contributed by atoms with Crippen molar-refractivity contribution in [1.82, 2.24) is 5.32 Å². The summed E-state index contributed by atoms with van der Waals surface area (Å²) >= 11 is 0. The van der Waals surface area contributed by atoms with Gasteiger partial charge in [-0.25, -0.2) is 11.6 Å². The molecule has 32 heavy (non-hydrogen) atoms. The zero-order valence-corrected chi connectivity index (χ0v) is 22.9. The maximum Gasteiger partial charge on any atom is 0 e. The minimum atomic E-state index is 0. The van der Waals surface area contributed by atoms with E-state index in [0.717, 1.165) is 19.3 Å². The fourth-order valence-electron chi connectivity index (χ4n) is 2.31. The molecule has 0 saturated carbocycles. The Kier molecular flexibility index (Phi) is 36.7. The van der Waals surface area contributed by atoms with Crippen LogP contribution in [0, 0.1) is 35.8 Å². The van der Waals surface area contributed by atoms with E-state index in [1.54, 1.807) is 0 Å². The number of hydrogen-bond acceptors (Lipinski definition) is 1. The zero-order chi connectivity index (χ0) is 19.6. The summed E-state index contributed by atoms with van der Waals surface area (Å²) in [5.41, 5.74) is 3.98. The fraction of sp³-hybridized carbons (Fsp3) is 0.200. The molecule has 0 radical (unpaired) electrons. The molecule has 0 atom stereocenters. The van der Waals surface area contributed by atoms with Crippen LogP contribution in [0.3, 0.4) is 0 Å². The van der Waals surface area contributed by atoms with Gasteiger partial charge in [0.15, 0.2) is 0 Å². The average Bonchev–Trinajstić information content (AvgIpc) is 3.18. The van der Waals surface area contributed by atoms with E-state index in [1.807, 2.05) is 26.2 Å². The summed E-state index contributed by atoms with van der Waals surface area (Å²) in [6.45, 7) is 2.06. The number of rotatable bonds is 5. The van der Waals surface area contributed by atoms with E-state index in [9.17, 15) is 0 Å². The molecule has 178 valence electrons. The van der Waals surface area contributed by atoms with Crippen molar-refractivity contribution < 1.29 is 21.7 Å². The van der Waals surface area contributed by atoms with E-state index in [0.29, 0.717) is 0 Å². The molecular weight excluding hydrogens is 422 g/mol. The third kappa shape index (κ3) is 22.8. The fourth-order valence-corrected chi connectivity index (χ4v) is 2.31. The van der Waals surface area contributed by atoms with Gasteiger partial charge < -0.3 is 35.0 Å². The number of hydrogen-bond donors (Lipinski definition) is 1. The van der Waals surface area contributed by atoms with Crippen molar-refractivity contribution in [3.63, 3.8) is 0 Å². The summed E-state index contributed by atoms with van der Waals surface area (Å²) in [4.78, 5) is 0. The first kappa shape index (κ1) is 40.4. The largest absolute Gasteiger partial charge is 0.358 e. The quantitative estimate of drug-likeness (QED) is 0.268. The zero-order valence-electron chi connectivity index (χ0n) is 21.4. The molecule has 0 unspecified atom stereocenters. The Morgan fingerprint density at radius 3 is 1.38 bits per heavy atom. The van der Waals surface area contributed by atoms with Crippen LogP contribution in [0.2, 0.25) is 0 Å². The second-order valence-electron chi connectivity index (χ2n) is 6.20. The molecule has 1 nitrogen and oxygen atoms in total. The average molecular weight is 467 g/mol. The standard InChI is InChI=1S/C18H18.C6H7.C2H7N.4CH3.Ti/c1(5-11-17-13-7-3-8-14-17)2-6-12-18-15-9-4-10-16-18;1-6-4-2-3-5-6;1-3-2;;;;;/h1-10,13-16H,11-12H2;2,4H,3H2,1H3;3H,1-2H3;4*1H3;/q;-1;;4*-1;. The molecule has 2 aromatic rings. The van der Waals surface area contributed by atoms with Crippen molar-refractivity contribution in [2.24, 2.45) is 0 Å². The normalized spacial score (nSPS) is 10.4. The van der Waals surface area contributed by atoms with Gasteiger partial charge >= 0.3 is 0 Å². The van der Waals surface area contributed by atoms with Crippen molar-refractivity contribution in [2.45, 2.75) is 26.2 Å². The summed E-state index contributed by atoms with van der Waals surface area (Å²) < 4.78 is 0. The smallest absolute Gasteiger partial charge is 0 e. The topological polar surface area (TPSA) is 12.0 Å². The van der Waals surface area contributed by atoms with E-state index >= 15 is 0 Å². The van der Waals surface area contributed by atoms with Crippen LogP contribution in [0.15, 0.2) is 103 Å². The van der Waals surface area contributed by atoms with Crippen LogP contribution in [-0.4, -0.2) is 14.1 Å². The first-order chi connectivity index (χ1) is 13.3. The SMILES string of the molecule is C(C=CCc1ccccc1)=CCc1ccccc1.CC1=[C-]CC=C1.CNC.[CH3-].[CH3-].[CH3-].[CH3-].[Ti]. The van der Waals surface area contributed by atoms with Crippen LogP contribution in [0.1, 0.15) is 24.5 Å². The molecule has 1 aliphatic carbocycles. The van der Waals surface area contributed by atoms with Gasteiger partial charge in [0, 0.05) is 21.7 Å². The molecule has 0 bridgehead atoms. The summed E-state index contributed by atoms with van der Waals surface area (Å²) in [6.07, 6.45) is 19.0. The Morgan fingerprint density at radius 2 is 1.12 bits per heavy atom. The molecule has 0 amide bonds. The van der Waals surface area contributed by atoms with Crippen LogP contribution in [0.5, 0.6) is 0 Å². The third-order valence-electron chi connectivity index (χ3n) is 3.64. The van der Waals surface area contributed by atoms with E-state index < -0.39 is 0 Å². The van der Waals surface area contributed by atoms with E-state index in [2.05, 4.69) is 103 Å². The van der Waals surface area contributed by atoms with Gasteiger partial charge in [0.1, 0.15) is 0 Å². The van der Waals surface area contributed by atoms with Crippen LogP contribution in [-0.2, 0) is 34.6 Å². The van der Waals surface area contributed by atoms with Crippen LogP contribution in [0.25, 0.3) is 0 Å². The van der Waals surface area contributed by atoms with Gasteiger partial charge in [0.25, 0.3) is 0 Å². The summed E-state index contributed by atoms with van der Waals surface area (Å²) in [7, 11) is 3.75. The Hall–Kier alpha value is -1.93. The number of allylic oxidation sites excluding steroid dienone is 8. The van der Waals surface area contributed by atoms with Crippen molar-refractivity contribution >= 4 is 0 Å². The van der Waals surface area contributed by atoms with E-state index in [4.69, 9.17) is 0 Å². The molecule has 0 heterocycles. The van der Waals surface area contributed by atoms with Crippen molar-refractivity contribution in [3.8, 4) is 0 Å². The van der Waals surface area contributed by atoms with Gasteiger partial charge in [0.2, 0.25) is 0 Å². The molecule has 2 aromatic carbocycles. The van der Waals surface area contributed by atoms with E-state index in [-0.39, 0.29) is 51.4 Å². The summed E-state index contributed by atoms with van der Waals surface area (Å²) in [5, 5.41) is 2.75. The van der Waals surface area contributed by atoms with Crippen molar-refractivity contribution in [2.75, 3.05) is 14.1 Å². The number of benzene rings is 2. The predicted molar refractivity (Wildman–Crippen MR) is 145 cm³/mol. The maximum atomic E-state index is 3.12. The molecule has 0 saturated heterocycles. The Bertz CT molecular complexity index is 661. The Morgan fingerprint density at radius 1 is 0.750 bits per heavy atom. The molecule has 0 spiro atoms. The second-order valence-corrected chi connectivity index (χ2v) is 6.20. The van der Waals surface area contributed by atoms with Gasteiger partial charge in [-0.3, -0.25) is 6.08 Å². The summed E-state index contributed by atoms with van der Waals surface area (Å²) in [5.74, 6) is 0. The minimum Gasteiger partial charge on any atom is -0.358 e. The Balaban J connectivity index is -0.000000149. The van der Waals surface area contributed by atoms with Gasteiger partial charge in [-0.15, -0.1) is 6.42 Å². The van der Waals surface area contributed by atoms with Crippen LogP contribution >= 0.6 is 0 Å².